The quantitative estimate of drug-likeness (QED) is 0.668. The molecular weight excluding hydrogens is 258 g/mol. The van der Waals surface area contributed by atoms with Crippen LogP contribution in [-0.4, -0.2) is 13.2 Å². The minimum Gasteiger partial charge on any atom is -0.377 e. The molecule has 0 radical (unpaired) electrons. The normalized spacial score (nSPS) is 43.7. The summed E-state index contributed by atoms with van der Waals surface area (Å²) in [6, 6.07) is 2.71. The fraction of sp³-hybridized carbons (Fsp3) is 0.632. The molecule has 2 nitrogen and oxygen atoms in total. The summed E-state index contributed by atoms with van der Waals surface area (Å²) < 4.78 is 5.51. The van der Waals surface area contributed by atoms with Crippen LogP contribution in [0.1, 0.15) is 40.0 Å². The lowest BCUT2D eigenvalue weighted by molar-refractivity contribution is 0.125. The van der Waals surface area contributed by atoms with Gasteiger partial charge in [0, 0.05) is 7.11 Å². The van der Waals surface area contributed by atoms with Crippen LogP contribution in [0.2, 0.25) is 0 Å². The lowest BCUT2D eigenvalue weighted by Crippen LogP contribution is -2.44. The van der Waals surface area contributed by atoms with E-state index in [4.69, 9.17) is 4.74 Å². The Morgan fingerprint density at radius 1 is 1.38 bits per heavy atom. The van der Waals surface area contributed by atoms with Gasteiger partial charge in [0.2, 0.25) is 0 Å². The highest BCUT2D eigenvalue weighted by Crippen LogP contribution is 2.60. The van der Waals surface area contributed by atoms with Crippen molar-refractivity contribution in [1.29, 1.82) is 5.26 Å². The van der Waals surface area contributed by atoms with Gasteiger partial charge in [-0.15, -0.1) is 0 Å². The van der Waals surface area contributed by atoms with Gasteiger partial charge in [0.05, 0.1) is 12.2 Å². The monoisotopic (exact) mass is 283 g/mol. The fourth-order valence-electron chi connectivity index (χ4n) is 4.78. The first-order valence-corrected chi connectivity index (χ1v) is 8.08. The number of nitriles is 1. The van der Waals surface area contributed by atoms with Crippen molar-refractivity contribution in [1.82, 2.24) is 0 Å². The van der Waals surface area contributed by atoms with Gasteiger partial charge in [0.25, 0.3) is 0 Å². The summed E-state index contributed by atoms with van der Waals surface area (Å²) in [6.45, 7) is 6.78. The van der Waals surface area contributed by atoms with Crippen LogP contribution in [0.25, 0.3) is 0 Å². The van der Waals surface area contributed by atoms with Crippen molar-refractivity contribution in [3.8, 4) is 6.07 Å². The first kappa shape index (κ1) is 14.6. The van der Waals surface area contributed by atoms with E-state index in [9.17, 15) is 5.26 Å². The van der Waals surface area contributed by atoms with Gasteiger partial charge in [-0.1, -0.05) is 37.6 Å². The van der Waals surface area contributed by atoms with E-state index in [1.54, 1.807) is 7.11 Å². The zero-order valence-corrected chi connectivity index (χ0v) is 13.5. The molecule has 1 fully saturated rings. The third kappa shape index (κ3) is 1.94. The minimum atomic E-state index is -0.381. The van der Waals surface area contributed by atoms with Crippen LogP contribution in [0.4, 0.5) is 0 Å². The number of hydrogen-bond acceptors (Lipinski definition) is 2. The molecule has 0 heterocycles. The van der Waals surface area contributed by atoms with Crippen LogP contribution in [0.15, 0.2) is 34.9 Å². The topological polar surface area (TPSA) is 33.0 Å². The summed E-state index contributed by atoms with van der Waals surface area (Å²) in [6.07, 6.45) is 9.74. The zero-order chi connectivity index (χ0) is 15.2. The minimum absolute atomic E-state index is 0.181. The van der Waals surface area contributed by atoms with Crippen molar-refractivity contribution in [3.05, 3.63) is 34.9 Å². The maximum Gasteiger partial charge on any atom is 0.104 e. The average Bonchev–Trinajstić information content (AvgIpc) is 2.51. The largest absolute Gasteiger partial charge is 0.377 e. The Hall–Kier alpha value is -1.33. The Kier molecular flexibility index (Phi) is 3.58. The molecule has 0 N–H and O–H groups in total. The summed E-state index contributed by atoms with van der Waals surface area (Å²) in [5, 5.41) is 10.1. The fourth-order valence-corrected chi connectivity index (χ4v) is 4.78. The van der Waals surface area contributed by atoms with Crippen LogP contribution in [0, 0.1) is 34.5 Å². The molecule has 0 aromatic rings. The predicted octanol–water partition coefficient (Wildman–Crippen LogP) is 4.41. The van der Waals surface area contributed by atoms with Crippen molar-refractivity contribution in [2.75, 3.05) is 7.11 Å². The van der Waals surface area contributed by atoms with Crippen molar-refractivity contribution < 1.29 is 4.74 Å². The molecule has 0 aliphatic heterocycles. The average molecular weight is 283 g/mol. The lowest BCUT2D eigenvalue weighted by Gasteiger charge is -2.52. The Morgan fingerprint density at radius 3 is 2.76 bits per heavy atom. The van der Waals surface area contributed by atoms with Gasteiger partial charge in [-0.05, 0) is 55.1 Å². The molecular formula is C19H25NO. The van der Waals surface area contributed by atoms with Crippen molar-refractivity contribution >= 4 is 0 Å². The van der Waals surface area contributed by atoms with Gasteiger partial charge in [0.15, 0.2) is 0 Å². The van der Waals surface area contributed by atoms with Gasteiger partial charge in [-0.3, -0.25) is 0 Å². The summed E-state index contributed by atoms with van der Waals surface area (Å²) in [7, 11) is 1.77. The van der Waals surface area contributed by atoms with Crippen molar-refractivity contribution in [2.45, 2.75) is 46.1 Å². The molecule has 112 valence electrons. The number of hydrogen-bond donors (Lipinski definition) is 0. The summed E-state index contributed by atoms with van der Waals surface area (Å²) >= 11 is 0. The molecule has 0 spiro atoms. The number of fused-ring (bicyclic) bond motifs is 3. The molecule has 0 amide bonds. The highest BCUT2D eigenvalue weighted by molar-refractivity contribution is 5.53. The predicted molar refractivity (Wildman–Crippen MR) is 84.4 cm³/mol. The van der Waals surface area contributed by atoms with E-state index in [0.717, 1.165) is 19.3 Å². The van der Waals surface area contributed by atoms with E-state index in [1.807, 2.05) is 0 Å². The van der Waals surface area contributed by atoms with Crippen LogP contribution >= 0.6 is 0 Å². The highest BCUT2D eigenvalue weighted by atomic mass is 16.5. The SMILES string of the molecule is C/C=C1\[C@@H]2CC3=C(C=CC(OC)C3)[C@@]1(C#N)CC(C)[C@@H]2C. The third-order valence-corrected chi connectivity index (χ3v) is 6.09. The van der Waals surface area contributed by atoms with E-state index >= 15 is 0 Å². The molecule has 0 aromatic carbocycles. The van der Waals surface area contributed by atoms with Gasteiger partial charge >= 0.3 is 0 Å². The Balaban J connectivity index is 2.15. The molecule has 3 aliphatic carbocycles. The standard InChI is InChI=1S/C19H25NO/c1-5-17-16-9-14-8-15(21-4)6-7-18(14)19(17,11-20)10-12(2)13(16)3/h5-7,12-13,15-16H,8-10H2,1-4H3/b17-5+/t12?,13-,15?,16+,19+/m0/s1. The highest BCUT2D eigenvalue weighted by Gasteiger charge is 2.52. The molecule has 21 heavy (non-hydrogen) atoms. The second kappa shape index (κ2) is 5.14. The zero-order valence-electron chi connectivity index (χ0n) is 13.5. The molecule has 1 saturated carbocycles. The second-order valence-corrected chi connectivity index (χ2v) is 6.97. The van der Waals surface area contributed by atoms with Gasteiger partial charge in [0.1, 0.15) is 5.41 Å². The van der Waals surface area contributed by atoms with E-state index in [0.29, 0.717) is 17.8 Å². The van der Waals surface area contributed by atoms with Crippen molar-refractivity contribution in [2.24, 2.45) is 23.2 Å². The van der Waals surface area contributed by atoms with Gasteiger partial charge in [-0.2, -0.15) is 5.26 Å². The van der Waals surface area contributed by atoms with E-state index < -0.39 is 0 Å². The second-order valence-electron chi connectivity index (χ2n) is 6.97. The number of nitrogens with zero attached hydrogens (tertiary/aromatic N) is 1. The summed E-state index contributed by atoms with van der Waals surface area (Å²) in [5.74, 6) is 1.78. The first-order chi connectivity index (χ1) is 10.1. The smallest absolute Gasteiger partial charge is 0.104 e. The first-order valence-electron chi connectivity index (χ1n) is 8.08. The molecule has 2 unspecified atom stereocenters. The number of methoxy groups -OCH3 is 1. The number of rotatable bonds is 1. The van der Waals surface area contributed by atoms with Crippen LogP contribution in [0.5, 0.6) is 0 Å². The van der Waals surface area contributed by atoms with E-state index in [2.05, 4.69) is 45.1 Å². The number of ether oxygens (including phenoxy) is 1. The Morgan fingerprint density at radius 2 is 2.14 bits per heavy atom. The molecule has 5 atom stereocenters. The molecule has 2 bridgehead atoms. The van der Waals surface area contributed by atoms with E-state index in [1.165, 1.54) is 16.7 Å². The Bertz CT molecular complexity index is 577. The molecule has 2 heteroatoms. The molecule has 0 saturated heterocycles. The third-order valence-electron chi connectivity index (χ3n) is 6.09. The van der Waals surface area contributed by atoms with Gasteiger partial charge < -0.3 is 4.74 Å². The summed E-state index contributed by atoms with van der Waals surface area (Å²) in [5.41, 5.74) is 3.73. The Labute approximate surface area is 128 Å². The number of allylic oxidation sites excluding steroid dienone is 4. The molecule has 3 rings (SSSR count). The van der Waals surface area contributed by atoms with Crippen LogP contribution < -0.4 is 0 Å². The van der Waals surface area contributed by atoms with Gasteiger partial charge in [-0.25, -0.2) is 0 Å². The van der Waals surface area contributed by atoms with Crippen molar-refractivity contribution in [3.63, 3.8) is 0 Å². The van der Waals surface area contributed by atoms with Crippen LogP contribution in [0.3, 0.4) is 0 Å². The molecule has 3 aliphatic rings. The maximum absolute atomic E-state index is 10.1. The maximum atomic E-state index is 10.1. The summed E-state index contributed by atoms with van der Waals surface area (Å²) in [4.78, 5) is 0. The van der Waals surface area contributed by atoms with Crippen LogP contribution in [-0.2, 0) is 4.74 Å². The lowest BCUT2D eigenvalue weighted by atomic mass is 9.51. The van der Waals surface area contributed by atoms with E-state index in [-0.39, 0.29) is 11.5 Å². The molecule has 0 aromatic heterocycles.